The number of carbonyl (C=O) groups excluding carboxylic acids is 2. The molecule has 0 saturated carbocycles. The summed E-state index contributed by atoms with van der Waals surface area (Å²) >= 11 is 2.86. The zero-order chi connectivity index (χ0) is 17.9. The largest absolute Gasteiger partial charge is 0.303 e. The van der Waals surface area contributed by atoms with Gasteiger partial charge in [0.25, 0.3) is 5.91 Å². The minimum absolute atomic E-state index is 0.187. The monoisotopic (exact) mass is 373 g/mol. The number of fused-ring (bicyclic) bond motifs is 3. The first-order valence-electron chi connectivity index (χ1n) is 7.91. The predicted molar refractivity (Wildman–Crippen MR) is 106 cm³/mol. The Labute approximate surface area is 154 Å². The second-order valence-electron chi connectivity index (χ2n) is 5.59. The highest BCUT2D eigenvalue weighted by Gasteiger charge is 2.36. The molecule has 5 nitrogen and oxygen atoms in total. The molecule has 130 valence electrons. The Morgan fingerprint density at radius 3 is 2.84 bits per heavy atom. The maximum atomic E-state index is 12.8. The third kappa shape index (κ3) is 3.40. The lowest BCUT2D eigenvalue weighted by molar-refractivity contribution is -0.119. The molecule has 0 radical (unpaired) electrons. The average molecular weight is 374 g/mol. The number of nitrogens with one attached hydrogen (secondary N) is 2. The number of carbonyl (C=O) groups is 2. The van der Waals surface area contributed by atoms with Gasteiger partial charge in [0.15, 0.2) is 5.13 Å². The molecule has 25 heavy (non-hydrogen) atoms. The Hall–Kier alpha value is -1.96. The molecule has 0 fully saturated rings. The highest BCUT2D eigenvalue weighted by atomic mass is 32.2. The molecule has 7 heteroatoms. The molecule has 3 aromatic rings. The Morgan fingerprint density at radius 2 is 2.12 bits per heavy atom. The number of likely N-dealkylation sites (N-methyl/N-ethyl adjacent to an activating group) is 1. The Kier molecular flexibility index (Phi) is 5.36. The van der Waals surface area contributed by atoms with Crippen molar-refractivity contribution in [2.45, 2.75) is 17.7 Å². The number of thiazole rings is 1. The molecule has 0 bridgehead atoms. The molecule has 0 aliphatic carbocycles. The molecular formula is C18H19N3O2S2. The number of hydrogen-bond donors (Lipinski definition) is 2. The lowest BCUT2D eigenvalue weighted by Crippen LogP contribution is -2.50. The highest BCUT2D eigenvalue weighted by molar-refractivity contribution is 8.00. The van der Waals surface area contributed by atoms with E-state index in [2.05, 4.69) is 27.8 Å². The fraction of sp³-hybridized carbons (Fsp3) is 0.278. The van der Waals surface area contributed by atoms with Crippen molar-refractivity contribution in [2.24, 2.45) is 0 Å². The van der Waals surface area contributed by atoms with Crippen molar-refractivity contribution < 1.29 is 9.59 Å². The molecule has 0 unspecified atom stereocenters. The van der Waals surface area contributed by atoms with Crippen LogP contribution in [0.5, 0.6) is 0 Å². The van der Waals surface area contributed by atoms with Gasteiger partial charge in [0.1, 0.15) is 11.2 Å². The second-order valence-corrected chi connectivity index (χ2v) is 7.70. The maximum absolute atomic E-state index is 12.8. The van der Waals surface area contributed by atoms with E-state index in [0.717, 1.165) is 27.3 Å². The fourth-order valence-corrected chi connectivity index (χ4v) is 4.58. The van der Waals surface area contributed by atoms with Crippen LogP contribution >= 0.6 is 23.1 Å². The minimum Gasteiger partial charge on any atom is -0.303 e. The summed E-state index contributed by atoms with van der Waals surface area (Å²) in [4.78, 5) is 27.2. The lowest BCUT2D eigenvalue weighted by atomic mass is 10.1. The normalized spacial score (nSPS) is 13.7. The van der Waals surface area contributed by atoms with Gasteiger partial charge in [-0.1, -0.05) is 41.7 Å². The molecule has 3 rings (SSSR count). The first-order chi connectivity index (χ1) is 12.1. The summed E-state index contributed by atoms with van der Waals surface area (Å²) in [5.41, 5.74) is 0.867. The van der Waals surface area contributed by atoms with Crippen molar-refractivity contribution in [3.8, 4) is 0 Å². The van der Waals surface area contributed by atoms with Gasteiger partial charge in [-0.2, -0.15) is 0 Å². The molecule has 0 aliphatic rings. The van der Waals surface area contributed by atoms with Crippen LogP contribution in [0.15, 0.2) is 36.4 Å². The molecule has 2 aromatic carbocycles. The summed E-state index contributed by atoms with van der Waals surface area (Å²) in [6.45, 7) is 0. The molecule has 1 atom stereocenters. The van der Waals surface area contributed by atoms with Crippen molar-refractivity contribution >= 4 is 61.4 Å². The Balaban J connectivity index is 1.92. The van der Waals surface area contributed by atoms with Crippen LogP contribution in [-0.4, -0.2) is 35.4 Å². The molecule has 0 spiro atoms. The standard InChI is InChI=1S/C18H19N3O2S2/c1-19-18(24-2,10-5-11-22)16(23)21-17-20-14-9-8-12-6-3-4-7-13(12)15(14)25-17/h3-4,6-9,11,19H,5,10H2,1-2H3,(H,20,21,23)/t18-/m1/s1. The molecule has 0 saturated heterocycles. The summed E-state index contributed by atoms with van der Waals surface area (Å²) < 4.78 is 1.06. The number of benzene rings is 2. The van der Waals surface area contributed by atoms with E-state index in [4.69, 9.17) is 0 Å². The van der Waals surface area contributed by atoms with Gasteiger partial charge >= 0.3 is 0 Å². The summed E-state index contributed by atoms with van der Waals surface area (Å²) in [6, 6.07) is 12.1. The van der Waals surface area contributed by atoms with Crippen LogP contribution in [0.3, 0.4) is 0 Å². The average Bonchev–Trinajstić information content (AvgIpc) is 3.06. The number of thioether (sulfide) groups is 1. The van der Waals surface area contributed by atoms with Gasteiger partial charge < -0.3 is 4.79 Å². The van der Waals surface area contributed by atoms with Crippen LogP contribution in [0.2, 0.25) is 0 Å². The summed E-state index contributed by atoms with van der Waals surface area (Å²) in [6.07, 6.45) is 3.43. The summed E-state index contributed by atoms with van der Waals surface area (Å²) in [7, 11) is 1.73. The maximum Gasteiger partial charge on any atom is 0.256 e. The topological polar surface area (TPSA) is 71.1 Å². The number of aldehydes is 1. The van der Waals surface area contributed by atoms with Gasteiger partial charge in [-0.15, -0.1) is 11.8 Å². The van der Waals surface area contributed by atoms with Crippen molar-refractivity contribution in [3.63, 3.8) is 0 Å². The quantitative estimate of drug-likeness (QED) is 0.489. The van der Waals surface area contributed by atoms with Crippen LogP contribution in [0.1, 0.15) is 12.8 Å². The van der Waals surface area contributed by atoms with E-state index >= 15 is 0 Å². The van der Waals surface area contributed by atoms with Crippen molar-refractivity contribution in [1.29, 1.82) is 0 Å². The Morgan fingerprint density at radius 1 is 1.32 bits per heavy atom. The molecule has 1 aromatic heterocycles. The van der Waals surface area contributed by atoms with E-state index in [9.17, 15) is 9.59 Å². The number of anilines is 1. The number of hydrogen-bond acceptors (Lipinski definition) is 6. The molecule has 0 aliphatic heterocycles. The van der Waals surface area contributed by atoms with E-state index in [1.807, 2.05) is 30.5 Å². The zero-order valence-corrected chi connectivity index (χ0v) is 15.7. The smallest absolute Gasteiger partial charge is 0.256 e. The fourth-order valence-electron chi connectivity index (χ4n) is 2.82. The highest BCUT2D eigenvalue weighted by Crippen LogP contribution is 2.34. The van der Waals surface area contributed by atoms with Gasteiger partial charge in [0, 0.05) is 11.8 Å². The first kappa shape index (κ1) is 17.8. The van der Waals surface area contributed by atoms with Gasteiger partial charge in [0.2, 0.25) is 0 Å². The molecule has 1 amide bonds. The number of rotatable bonds is 7. The lowest BCUT2D eigenvalue weighted by Gasteiger charge is -2.29. The third-order valence-corrected chi connectivity index (χ3v) is 6.54. The van der Waals surface area contributed by atoms with Crippen LogP contribution in [0.4, 0.5) is 5.13 Å². The minimum atomic E-state index is -0.846. The van der Waals surface area contributed by atoms with Gasteiger partial charge in [-0.05, 0) is 31.2 Å². The van der Waals surface area contributed by atoms with Crippen molar-refractivity contribution in [2.75, 3.05) is 18.6 Å². The molecule has 2 N–H and O–H groups in total. The van der Waals surface area contributed by atoms with E-state index in [0.29, 0.717) is 18.0 Å². The summed E-state index contributed by atoms with van der Waals surface area (Å²) in [5.74, 6) is -0.187. The van der Waals surface area contributed by atoms with E-state index in [1.54, 1.807) is 7.05 Å². The van der Waals surface area contributed by atoms with Crippen LogP contribution in [0, 0.1) is 0 Å². The predicted octanol–water partition coefficient (Wildman–Crippen LogP) is 3.65. The van der Waals surface area contributed by atoms with Gasteiger partial charge in [0.05, 0.1) is 10.2 Å². The Bertz CT molecular complexity index is 919. The third-order valence-electron chi connectivity index (χ3n) is 4.23. The SMILES string of the molecule is CN[C@](CCC=O)(SC)C(=O)Nc1nc2ccc3ccccc3c2s1. The van der Waals surface area contributed by atoms with E-state index < -0.39 is 4.87 Å². The van der Waals surface area contributed by atoms with E-state index in [1.165, 1.54) is 23.1 Å². The number of nitrogens with zero attached hydrogens (tertiary/aromatic N) is 1. The van der Waals surface area contributed by atoms with Crippen LogP contribution in [-0.2, 0) is 9.59 Å². The van der Waals surface area contributed by atoms with Crippen LogP contribution < -0.4 is 10.6 Å². The second kappa shape index (κ2) is 7.51. The number of amides is 1. The number of aromatic nitrogens is 1. The van der Waals surface area contributed by atoms with Gasteiger partial charge in [-0.25, -0.2) is 4.98 Å². The van der Waals surface area contributed by atoms with Crippen molar-refractivity contribution in [3.05, 3.63) is 36.4 Å². The molecular weight excluding hydrogens is 354 g/mol. The van der Waals surface area contributed by atoms with Crippen molar-refractivity contribution in [1.82, 2.24) is 10.3 Å². The zero-order valence-electron chi connectivity index (χ0n) is 14.0. The van der Waals surface area contributed by atoms with E-state index in [-0.39, 0.29) is 5.91 Å². The van der Waals surface area contributed by atoms with Gasteiger partial charge in [-0.3, -0.25) is 15.4 Å². The molecule has 1 heterocycles. The van der Waals surface area contributed by atoms with Crippen LogP contribution in [0.25, 0.3) is 21.0 Å². The first-order valence-corrected chi connectivity index (χ1v) is 9.95. The summed E-state index contributed by atoms with van der Waals surface area (Å²) in [5, 5.41) is 8.81.